The molecular weight excluding hydrogens is 190 g/mol. The van der Waals surface area contributed by atoms with Crippen molar-refractivity contribution in [2.45, 2.75) is 12.4 Å². The topological polar surface area (TPSA) is 17.1 Å². The second-order valence-electron chi connectivity index (χ2n) is 1.76. The monoisotopic (exact) mass is 192 g/mol. The minimum Gasteiger partial charge on any atom is -0.298 e. The first-order chi connectivity index (χ1) is 5.17. The molecule has 70 valence electrons. The zero-order valence-electron chi connectivity index (χ0n) is 5.33. The van der Waals surface area contributed by atoms with E-state index in [4.69, 9.17) is 0 Å². The zero-order valence-corrected chi connectivity index (χ0v) is 5.33. The molecule has 0 aliphatic heterocycles. The van der Waals surface area contributed by atoms with Crippen molar-refractivity contribution in [1.29, 1.82) is 0 Å². The maximum atomic E-state index is 11.5. The maximum Gasteiger partial charge on any atom is 0.419 e. The lowest BCUT2D eigenvalue weighted by atomic mass is 10.2. The lowest BCUT2D eigenvalue weighted by Gasteiger charge is -2.06. The number of rotatable bonds is 1. The van der Waals surface area contributed by atoms with Gasteiger partial charge in [0.05, 0.1) is 0 Å². The summed E-state index contributed by atoms with van der Waals surface area (Å²) in [5.41, 5.74) is -2.24. The van der Waals surface area contributed by atoms with Gasteiger partial charge in [-0.3, -0.25) is 4.79 Å². The molecule has 0 aliphatic rings. The van der Waals surface area contributed by atoms with E-state index in [1.165, 1.54) is 0 Å². The van der Waals surface area contributed by atoms with Crippen molar-refractivity contribution in [3.8, 4) is 0 Å². The summed E-state index contributed by atoms with van der Waals surface area (Å²) in [4.78, 5) is 9.54. The minimum absolute atomic E-state index is 0.881. The minimum atomic E-state index is -5.25. The van der Waals surface area contributed by atoms with Gasteiger partial charge in [0.25, 0.3) is 0 Å². The standard InChI is InChI=1S/C5H2F6O/c6-4(7,8)1-3(2-12)5(9,10)11/h1-2H. The zero-order chi connectivity index (χ0) is 9.99. The van der Waals surface area contributed by atoms with Crippen LogP contribution in [0.1, 0.15) is 0 Å². The van der Waals surface area contributed by atoms with E-state index in [2.05, 4.69) is 0 Å². The Hall–Kier alpha value is -1.01. The second kappa shape index (κ2) is 3.16. The van der Waals surface area contributed by atoms with E-state index in [-0.39, 0.29) is 0 Å². The lowest BCUT2D eigenvalue weighted by Crippen LogP contribution is -2.17. The smallest absolute Gasteiger partial charge is 0.298 e. The summed E-state index contributed by atoms with van der Waals surface area (Å²) >= 11 is 0. The number of allylic oxidation sites excluding steroid dienone is 2. The molecule has 0 N–H and O–H groups in total. The molecule has 0 unspecified atom stereocenters. The molecule has 7 heteroatoms. The molecule has 0 aromatic carbocycles. The number of hydrogen-bond acceptors (Lipinski definition) is 1. The molecule has 0 rings (SSSR count). The summed E-state index contributed by atoms with van der Waals surface area (Å²) in [5.74, 6) is 0. The molecule has 0 heterocycles. The van der Waals surface area contributed by atoms with Crippen molar-refractivity contribution in [2.75, 3.05) is 0 Å². The van der Waals surface area contributed by atoms with E-state index >= 15 is 0 Å². The van der Waals surface area contributed by atoms with Crippen LogP contribution < -0.4 is 0 Å². The molecular formula is C5H2F6O. The van der Waals surface area contributed by atoms with Gasteiger partial charge in [0.2, 0.25) is 0 Å². The summed E-state index contributed by atoms with van der Waals surface area (Å²) in [6.45, 7) is 0. The largest absolute Gasteiger partial charge is 0.419 e. The molecule has 0 aromatic rings. The van der Waals surface area contributed by atoms with Crippen LogP contribution >= 0.6 is 0 Å². The fraction of sp³-hybridized carbons (Fsp3) is 0.400. The van der Waals surface area contributed by atoms with Crippen molar-refractivity contribution in [2.24, 2.45) is 0 Å². The normalized spacial score (nSPS) is 14.7. The first-order valence-electron chi connectivity index (χ1n) is 2.49. The number of hydrogen-bond donors (Lipinski definition) is 0. The Kier molecular flexibility index (Phi) is 2.89. The van der Waals surface area contributed by atoms with Crippen LogP contribution in [0.25, 0.3) is 0 Å². The number of alkyl halides is 6. The van der Waals surface area contributed by atoms with E-state index < -0.39 is 30.3 Å². The highest BCUT2D eigenvalue weighted by Gasteiger charge is 2.38. The molecule has 0 amide bonds. The Morgan fingerprint density at radius 2 is 1.42 bits per heavy atom. The van der Waals surface area contributed by atoms with Gasteiger partial charge in [0.15, 0.2) is 6.29 Å². The first-order valence-corrected chi connectivity index (χ1v) is 2.49. The average Bonchev–Trinajstić information content (AvgIpc) is 1.78. The molecule has 0 fully saturated rings. The highest BCUT2D eigenvalue weighted by molar-refractivity contribution is 5.75. The summed E-state index contributed by atoms with van der Waals surface area (Å²) in [6, 6.07) is 0. The van der Waals surface area contributed by atoms with E-state index in [1.807, 2.05) is 0 Å². The molecule has 0 aliphatic carbocycles. The Bertz CT molecular complexity index is 197. The SMILES string of the molecule is O=CC(=CC(F)(F)F)C(F)(F)F. The number of aldehydes is 1. The Morgan fingerprint density at radius 3 is 1.50 bits per heavy atom. The molecule has 0 radical (unpaired) electrons. The van der Waals surface area contributed by atoms with Crippen molar-refractivity contribution in [3.05, 3.63) is 11.6 Å². The highest BCUT2D eigenvalue weighted by Crippen LogP contribution is 2.28. The molecule has 1 nitrogen and oxygen atoms in total. The molecule has 0 aromatic heterocycles. The Morgan fingerprint density at radius 1 is 1.00 bits per heavy atom. The lowest BCUT2D eigenvalue weighted by molar-refractivity contribution is -0.124. The summed E-state index contributed by atoms with van der Waals surface area (Å²) in [5, 5.41) is 0. The quantitative estimate of drug-likeness (QED) is 0.353. The molecule has 0 atom stereocenters. The highest BCUT2D eigenvalue weighted by atomic mass is 19.4. The van der Waals surface area contributed by atoms with Gasteiger partial charge >= 0.3 is 12.4 Å². The van der Waals surface area contributed by atoms with Crippen LogP contribution in [0.2, 0.25) is 0 Å². The van der Waals surface area contributed by atoms with Crippen LogP contribution in [0.15, 0.2) is 11.6 Å². The fourth-order valence-corrected chi connectivity index (χ4v) is 0.359. The van der Waals surface area contributed by atoms with Crippen LogP contribution in [-0.2, 0) is 4.79 Å². The van der Waals surface area contributed by atoms with Crippen LogP contribution in [0.5, 0.6) is 0 Å². The third-order valence-corrected chi connectivity index (χ3v) is 0.773. The van der Waals surface area contributed by atoms with Gasteiger partial charge in [0, 0.05) is 6.08 Å². The van der Waals surface area contributed by atoms with Gasteiger partial charge in [-0.15, -0.1) is 0 Å². The summed E-state index contributed by atoms with van der Waals surface area (Å²) < 4.78 is 68.2. The summed E-state index contributed by atoms with van der Waals surface area (Å²) in [6.07, 6.45) is -12.4. The molecule has 0 bridgehead atoms. The van der Waals surface area contributed by atoms with E-state index in [9.17, 15) is 31.1 Å². The van der Waals surface area contributed by atoms with Gasteiger partial charge in [-0.2, -0.15) is 26.3 Å². The molecule has 0 spiro atoms. The van der Waals surface area contributed by atoms with Gasteiger partial charge in [0.1, 0.15) is 5.57 Å². The van der Waals surface area contributed by atoms with Crippen LogP contribution in [-0.4, -0.2) is 18.6 Å². The second-order valence-corrected chi connectivity index (χ2v) is 1.76. The maximum absolute atomic E-state index is 11.5. The van der Waals surface area contributed by atoms with Crippen molar-refractivity contribution in [1.82, 2.24) is 0 Å². The van der Waals surface area contributed by atoms with E-state index in [0.717, 1.165) is 0 Å². The summed E-state index contributed by atoms with van der Waals surface area (Å²) in [7, 11) is 0. The van der Waals surface area contributed by atoms with Crippen molar-refractivity contribution >= 4 is 6.29 Å². The van der Waals surface area contributed by atoms with E-state index in [0.29, 0.717) is 0 Å². The Labute approximate surface area is 62.7 Å². The van der Waals surface area contributed by atoms with Crippen LogP contribution in [0.4, 0.5) is 26.3 Å². The predicted octanol–water partition coefficient (Wildman–Crippen LogP) is 2.24. The number of carbonyl (C=O) groups is 1. The number of carbonyl (C=O) groups excluding carboxylic acids is 1. The van der Waals surface area contributed by atoms with Crippen molar-refractivity contribution < 1.29 is 31.1 Å². The van der Waals surface area contributed by atoms with Crippen molar-refractivity contribution in [3.63, 3.8) is 0 Å². The molecule has 0 saturated heterocycles. The van der Waals surface area contributed by atoms with E-state index in [1.54, 1.807) is 0 Å². The third kappa shape index (κ3) is 3.99. The van der Waals surface area contributed by atoms with Gasteiger partial charge in [-0.05, 0) is 0 Å². The average molecular weight is 192 g/mol. The van der Waals surface area contributed by atoms with Crippen LogP contribution in [0.3, 0.4) is 0 Å². The number of halogens is 6. The van der Waals surface area contributed by atoms with Crippen LogP contribution in [0, 0.1) is 0 Å². The molecule has 12 heavy (non-hydrogen) atoms. The van der Waals surface area contributed by atoms with Gasteiger partial charge < -0.3 is 0 Å². The Balaban J connectivity index is 4.81. The molecule has 0 saturated carbocycles. The predicted molar refractivity (Wildman–Crippen MR) is 26.3 cm³/mol. The first kappa shape index (κ1) is 11.0. The van der Waals surface area contributed by atoms with Gasteiger partial charge in [-0.1, -0.05) is 0 Å². The van der Waals surface area contributed by atoms with Gasteiger partial charge in [-0.25, -0.2) is 0 Å². The fourth-order valence-electron chi connectivity index (χ4n) is 0.359. The third-order valence-electron chi connectivity index (χ3n) is 0.773.